The topological polar surface area (TPSA) is 75.9 Å². The van der Waals surface area contributed by atoms with E-state index in [9.17, 15) is 4.79 Å². The Labute approximate surface area is 196 Å². The zero-order valence-electron chi connectivity index (χ0n) is 18.8. The molecule has 0 spiro atoms. The maximum absolute atomic E-state index is 13.4. The van der Waals surface area contributed by atoms with Gasteiger partial charge in [0.15, 0.2) is 10.8 Å². The van der Waals surface area contributed by atoms with Crippen molar-refractivity contribution in [2.24, 2.45) is 7.05 Å². The van der Waals surface area contributed by atoms with Crippen molar-refractivity contribution in [3.8, 4) is 0 Å². The van der Waals surface area contributed by atoms with Gasteiger partial charge in [-0.2, -0.15) is 5.10 Å². The van der Waals surface area contributed by atoms with Crippen molar-refractivity contribution in [3.63, 3.8) is 0 Å². The molecule has 1 aromatic carbocycles. The summed E-state index contributed by atoms with van der Waals surface area (Å²) in [5.74, 6) is 0.326. The second-order valence-corrected chi connectivity index (χ2v) is 10.1. The molecule has 4 aromatic rings. The first-order valence-electron chi connectivity index (χ1n) is 11.5. The van der Waals surface area contributed by atoms with Crippen LogP contribution in [0.3, 0.4) is 0 Å². The first kappa shape index (κ1) is 20.5. The summed E-state index contributed by atoms with van der Waals surface area (Å²) in [6.45, 7) is 4.70. The van der Waals surface area contributed by atoms with E-state index in [1.807, 2.05) is 26.1 Å². The average Bonchev–Trinajstić information content (AvgIpc) is 3.52. The van der Waals surface area contributed by atoms with Crippen LogP contribution in [0, 0.1) is 6.92 Å². The number of pyridine rings is 1. The van der Waals surface area contributed by atoms with Crippen molar-refractivity contribution in [3.05, 3.63) is 69.5 Å². The summed E-state index contributed by atoms with van der Waals surface area (Å²) < 4.78 is 1.77. The molecule has 7 nitrogen and oxygen atoms in total. The van der Waals surface area contributed by atoms with Crippen LogP contribution in [0.4, 0.5) is 5.13 Å². The molecule has 1 saturated carbocycles. The summed E-state index contributed by atoms with van der Waals surface area (Å²) in [7, 11) is 1.89. The summed E-state index contributed by atoms with van der Waals surface area (Å²) in [6, 6.07) is 12.5. The average molecular weight is 459 g/mol. The molecule has 1 N–H and O–H groups in total. The largest absolute Gasteiger partial charge is 0.298 e. The predicted molar refractivity (Wildman–Crippen MR) is 130 cm³/mol. The molecule has 33 heavy (non-hydrogen) atoms. The number of hydrogen-bond donors (Lipinski definition) is 1. The number of fused-ring (bicyclic) bond motifs is 2. The Balaban J connectivity index is 1.24. The molecule has 0 unspecified atom stereocenters. The van der Waals surface area contributed by atoms with Crippen LogP contribution in [0.2, 0.25) is 0 Å². The van der Waals surface area contributed by atoms with Crippen molar-refractivity contribution >= 4 is 33.4 Å². The van der Waals surface area contributed by atoms with E-state index in [2.05, 4.69) is 39.6 Å². The standard InChI is InChI=1S/C25H26N6OS/c1-15-22-18(12-20(17-8-9-17)26-23(22)30(2)29-15)24(32)28-25-27-19-10-11-31(14-21(19)33-25)13-16-6-4-3-5-7-16/h3-7,12,17H,8-11,13-14H2,1-2H3,(H,27,28,32). The van der Waals surface area contributed by atoms with Gasteiger partial charge in [-0.3, -0.25) is 19.7 Å². The highest BCUT2D eigenvalue weighted by Crippen LogP contribution is 2.40. The van der Waals surface area contributed by atoms with Crippen molar-refractivity contribution in [2.75, 3.05) is 11.9 Å². The minimum Gasteiger partial charge on any atom is -0.298 e. The molecule has 1 amide bonds. The zero-order chi connectivity index (χ0) is 22.5. The Morgan fingerprint density at radius 2 is 2.03 bits per heavy atom. The molecule has 4 heterocycles. The third-order valence-corrected chi connectivity index (χ3v) is 7.51. The van der Waals surface area contributed by atoms with Gasteiger partial charge in [-0.25, -0.2) is 9.97 Å². The molecule has 1 fully saturated rings. The maximum Gasteiger partial charge on any atom is 0.258 e. The molecule has 168 valence electrons. The van der Waals surface area contributed by atoms with Crippen molar-refractivity contribution in [2.45, 2.75) is 45.2 Å². The summed E-state index contributed by atoms with van der Waals surface area (Å²) >= 11 is 1.59. The third kappa shape index (κ3) is 3.94. The second kappa shape index (κ2) is 8.04. The van der Waals surface area contributed by atoms with Crippen LogP contribution in [0.5, 0.6) is 0 Å². The van der Waals surface area contributed by atoms with Crippen LogP contribution >= 0.6 is 11.3 Å². The second-order valence-electron chi connectivity index (χ2n) is 9.07. The Hall–Kier alpha value is -3.10. The lowest BCUT2D eigenvalue weighted by Crippen LogP contribution is -2.29. The summed E-state index contributed by atoms with van der Waals surface area (Å²) in [5, 5.41) is 9.09. The van der Waals surface area contributed by atoms with Gasteiger partial charge in [0, 0.05) is 49.6 Å². The van der Waals surface area contributed by atoms with E-state index >= 15 is 0 Å². The van der Waals surface area contributed by atoms with Gasteiger partial charge >= 0.3 is 0 Å². The predicted octanol–water partition coefficient (Wildman–Crippen LogP) is 4.42. The molecule has 0 atom stereocenters. The van der Waals surface area contributed by atoms with Crippen LogP contribution in [0.25, 0.3) is 11.0 Å². The number of thiazole rings is 1. The van der Waals surface area contributed by atoms with E-state index in [0.717, 1.165) is 67.0 Å². The number of aryl methyl sites for hydroxylation is 2. The fraction of sp³-hybridized carbons (Fsp3) is 0.360. The van der Waals surface area contributed by atoms with E-state index in [-0.39, 0.29) is 5.91 Å². The van der Waals surface area contributed by atoms with Gasteiger partial charge < -0.3 is 0 Å². The summed E-state index contributed by atoms with van der Waals surface area (Å²) in [4.78, 5) is 26.6. The zero-order valence-corrected chi connectivity index (χ0v) is 19.7. The Morgan fingerprint density at radius 3 is 2.82 bits per heavy atom. The number of carbonyl (C=O) groups excluding carboxylic acids is 1. The molecule has 8 heteroatoms. The monoisotopic (exact) mass is 458 g/mol. The quantitative estimate of drug-likeness (QED) is 0.479. The van der Waals surface area contributed by atoms with E-state index in [1.165, 1.54) is 10.4 Å². The normalized spacial score (nSPS) is 16.2. The number of carbonyl (C=O) groups is 1. The summed E-state index contributed by atoms with van der Waals surface area (Å²) in [5.41, 5.74) is 5.66. The van der Waals surface area contributed by atoms with Crippen LogP contribution in [0.1, 0.15) is 56.6 Å². The first-order chi connectivity index (χ1) is 16.0. The van der Waals surface area contributed by atoms with Gasteiger partial charge in [-0.1, -0.05) is 30.3 Å². The van der Waals surface area contributed by atoms with Crippen LogP contribution in [-0.2, 0) is 26.6 Å². The number of amides is 1. The first-order valence-corrected chi connectivity index (χ1v) is 12.3. The van der Waals surface area contributed by atoms with Crippen LogP contribution in [-0.4, -0.2) is 37.1 Å². The molecule has 0 radical (unpaired) electrons. The van der Waals surface area contributed by atoms with Crippen molar-refractivity contribution < 1.29 is 4.79 Å². The number of aromatic nitrogens is 4. The van der Waals surface area contributed by atoms with Crippen LogP contribution in [0.15, 0.2) is 36.4 Å². The highest BCUT2D eigenvalue weighted by atomic mass is 32.1. The lowest BCUT2D eigenvalue weighted by Gasteiger charge is -2.25. The van der Waals surface area contributed by atoms with Gasteiger partial charge in [-0.05, 0) is 31.4 Å². The number of anilines is 1. The number of nitrogens with one attached hydrogen (secondary N) is 1. The van der Waals surface area contributed by atoms with Crippen molar-refractivity contribution in [1.82, 2.24) is 24.6 Å². The molecule has 1 aliphatic heterocycles. The Kier molecular flexibility index (Phi) is 4.99. The highest BCUT2D eigenvalue weighted by molar-refractivity contribution is 7.15. The van der Waals surface area contributed by atoms with Gasteiger partial charge in [-0.15, -0.1) is 11.3 Å². The Bertz CT molecular complexity index is 1350. The van der Waals surface area contributed by atoms with Gasteiger partial charge in [0.1, 0.15) is 0 Å². The molecule has 6 rings (SSSR count). The highest BCUT2D eigenvalue weighted by Gasteiger charge is 2.29. The van der Waals surface area contributed by atoms with Crippen LogP contribution < -0.4 is 5.32 Å². The molecular weight excluding hydrogens is 432 g/mol. The molecule has 2 aliphatic rings. The van der Waals surface area contributed by atoms with Crippen molar-refractivity contribution in [1.29, 1.82) is 0 Å². The molecule has 0 saturated heterocycles. The van der Waals surface area contributed by atoms with E-state index in [4.69, 9.17) is 9.97 Å². The molecule has 1 aliphatic carbocycles. The smallest absolute Gasteiger partial charge is 0.258 e. The molecule has 3 aromatic heterocycles. The minimum absolute atomic E-state index is 0.132. The Morgan fingerprint density at radius 1 is 1.21 bits per heavy atom. The number of nitrogens with zero attached hydrogens (tertiary/aromatic N) is 5. The fourth-order valence-electron chi connectivity index (χ4n) is 4.67. The van der Waals surface area contributed by atoms with Gasteiger partial charge in [0.2, 0.25) is 0 Å². The minimum atomic E-state index is -0.132. The maximum atomic E-state index is 13.4. The summed E-state index contributed by atoms with van der Waals surface area (Å²) in [6.07, 6.45) is 3.17. The lowest BCUT2D eigenvalue weighted by atomic mass is 10.1. The fourth-order valence-corrected chi connectivity index (χ4v) is 5.72. The van der Waals surface area contributed by atoms with E-state index < -0.39 is 0 Å². The third-order valence-electron chi connectivity index (χ3n) is 6.51. The van der Waals surface area contributed by atoms with Gasteiger partial charge in [0.25, 0.3) is 5.91 Å². The molecular formula is C25H26N6OS. The molecule has 0 bridgehead atoms. The number of benzene rings is 1. The number of hydrogen-bond acceptors (Lipinski definition) is 6. The van der Waals surface area contributed by atoms with E-state index in [0.29, 0.717) is 16.6 Å². The van der Waals surface area contributed by atoms with Gasteiger partial charge in [0.05, 0.1) is 22.3 Å². The number of rotatable bonds is 5. The SMILES string of the molecule is Cc1nn(C)c2nc(C3CC3)cc(C(=O)Nc3nc4c(s3)CN(Cc3ccccc3)CC4)c12. The van der Waals surface area contributed by atoms with E-state index in [1.54, 1.807) is 16.0 Å². The lowest BCUT2D eigenvalue weighted by molar-refractivity contribution is 0.102.